The lowest BCUT2D eigenvalue weighted by Crippen LogP contribution is -2.20. The first-order valence-corrected chi connectivity index (χ1v) is 5.93. The van der Waals surface area contributed by atoms with Crippen molar-refractivity contribution in [3.05, 3.63) is 23.3 Å². The van der Waals surface area contributed by atoms with Crippen LogP contribution in [0.5, 0.6) is 0 Å². The summed E-state index contributed by atoms with van der Waals surface area (Å²) in [6.07, 6.45) is 8.60. The van der Waals surface area contributed by atoms with Gasteiger partial charge < -0.3 is 0 Å². The van der Waals surface area contributed by atoms with Crippen LogP contribution in [0, 0.1) is 11.3 Å². The molecule has 1 rings (SSSR count). The Labute approximate surface area is 89.1 Å². The highest BCUT2D eigenvalue weighted by atomic mass is 14.3. The Morgan fingerprint density at radius 1 is 1.36 bits per heavy atom. The van der Waals surface area contributed by atoms with Gasteiger partial charge in [-0.3, -0.25) is 0 Å². The van der Waals surface area contributed by atoms with Crippen LogP contribution in [0.1, 0.15) is 53.9 Å². The average molecular weight is 192 g/mol. The zero-order chi connectivity index (χ0) is 10.8. The number of allylic oxidation sites excluding steroid dienone is 4. The molecule has 0 spiro atoms. The Balaban J connectivity index is 3.00. The van der Waals surface area contributed by atoms with Crippen LogP contribution in [0.2, 0.25) is 0 Å². The standard InChI is InChI=1S/C14H24/c1-6-14(5,7-2)13-10-11(3)8-9-12(13)4/h9-11H,6-8H2,1-5H3. The molecular formula is C14H24. The zero-order valence-corrected chi connectivity index (χ0v) is 10.4. The summed E-state index contributed by atoms with van der Waals surface area (Å²) >= 11 is 0. The minimum absolute atomic E-state index is 0.398. The summed E-state index contributed by atoms with van der Waals surface area (Å²) in [7, 11) is 0. The largest absolute Gasteiger partial charge is 0.0807 e. The molecule has 0 bridgehead atoms. The molecule has 0 aliphatic heterocycles. The molecule has 14 heavy (non-hydrogen) atoms. The molecule has 0 aromatic rings. The van der Waals surface area contributed by atoms with Crippen LogP contribution < -0.4 is 0 Å². The fourth-order valence-electron chi connectivity index (χ4n) is 2.26. The molecule has 0 saturated heterocycles. The first-order chi connectivity index (χ1) is 6.53. The van der Waals surface area contributed by atoms with E-state index in [0.717, 1.165) is 5.92 Å². The van der Waals surface area contributed by atoms with Gasteiger partial charge in [-0.1, -0.05) is 45.4 Å². The molecule has 0 amide bonds. The molecule has 80 valence electrons. The Morgan fingerprint density at radius 2 is 1.93 bits per heavy atom. The minimum Gasteiger partial charge on any atom is -0.0807 e. The second kappa shape index (κ2) is 4.33. The monoisotopic (exact) mass is 192 g/mol. The summed E-state index contributed by atoms with van der Waals surface area (Å²) in [4.78, 5) is 0. The maximum Gasteiger partial charge on any atom is -0.00810 e. The van der Waals surface area contributed by atoms with Gasteiger partial charge in [0.1, 0.15) is 0 Å². The van der Waals surface area contributed by atoms with Crippen molar-refractivity contribution in [1.82, 2.24) is 0 Å². The van der Waals surface area contributed by atoms with Gasteiger partial charge in [0, 0.05) is 0 Å². The van der Waals surface area contributed by atoms with Crippen LogP contribution in [-0.4, -0.2) is 0 Å². The van der Waals surface area contributed by atoms with Gasteiger partial charge in [0.05, 0.1) is 0 Å². The molecule has 0 radical (unpaired) electrons. The van der Waals surface area contributed by atoms with Crippen LogP contribution in [0.15, 0.2) is 23.3 Å². The molecule has 0 heterocycles. The quantitative estimate of drug-likeness (QED) is 0.606. The number of hydrogen-bond acceptors (Lipinski definition) is 0. The highest BCUT2D eigenvalue weighted by Crippen LogP contribution is 2.41. The van der Waals surface area contributed by atoms with Crippen LogP contribution >= 0.6 is 0 Å². The van der Waals surface area contributed by atoms with Crippen molar-refractivity contribution < 1.29 is 0 Å². The summed E-state index contributed by atoms with van der Waals surface area (Å²) < 4.78 is 0. The molecule has 1 aliphatic carbocycles. The smallest absolute Gasteiger partial charge is 0.00810 e. The Bertz CT molecular complexity index is 251. The van der Waals surface area contributed by atoms with Crippen LogP contribution in [0.25, 0.3) is 0 Å². The zero-order valence-electron chi connectivity index (χ0n) is 10.4. The molecule has 0 N–H and O–H groups in total. The molecule has 1 atom stereocenters. The molecule has 0 heteroatoms. The van der Waals surface area contributed by atoms with E-state index in [1.807, 2.05) is 0 Å². The third kappa shape index (κ3) is 2.10. The lowest BCUT2D eigenvalue weighted by molar-refractivity contribution is 0.366. The predicted octanol–water partition coefficient (Wildman–Crippen LogP) is 4.73. The maximum absolute atomic E-state index is 2.49. The van der Waals surface area contributed by atoms with Gasteiger partial charge in [0.25, 0.3) is 0 Å². The van der Waals surface area contributed by atoms with Crippen LogP contribution in [0.3, 0.4) is 0 Å². The van der Waals surface area contributed by atoms with Crippen LogP contribution in [0.4, 0.5) is 0 Å². The Morgan fingerprint density at radius 3 is 2.43 bits per heavy atom. The van der Waals surface area contributed by atoms with Crippen molar-refractivity contribution in [2.24, 2.45) is 11.3 Å². The SMILES string of the molecule is CCC(C)(CC)C1=CC(C)CC=C1C. The van der Waals surface area contributed by atoms with E-state index in [2.05, 4.69) is 46.8 Å². The first kappa shape index (κ1) is 11.6. The van der Waals surface area contributed by atoms with E-state index < -0.39 is 0 Å². The fraction of sp³-hybridized carbons (Fsp3) is 0.714. The fourth-order valence-corrected chi connectivity index (χ4v) is 2.26. The summed E-state index contributed by atoms with van der Waals surface area (Å²) in [5.41, 5.74) is 3.51. The molecule has 0 fully saturated rings. The van der Waals surface area contributed by atoms with E-state index in [1.165, 1.54) is 24.8 Å². The second-order valence-corrected chi connectivity index (χ2v) is 4.95. The molecular weight excluding hydrogens is 168 g/mol. The van der Waals surface area contributed by atoms with Gasteiger partial charge in [-0.15, -0.1) is 0 Å². The highest BCUT2D eigenvalue weighted by molar-refractivity contribution is 5.37. The van der Waals surface area contributed by atoms with Crippen molar-refractivity contribution in [2.75, 3.05) is 0 Å². The molecule has 0 aromatic heterocycles. The number of rotatable bonds is 3. The Hall–Kier alpha value is -0.520. The summed E-state index contributed by atoms with van der Waals surface area (Å²) in [5.74, 6) is 0.728. The van der Waals surface area contributed by atoms with E-state index in [-0.39, 0.29) is 0 Å². The lowest BCUT2D eigenvalue weighted by Gasteiger charge is -2.34. The maximum atomic E-state index is 2.49. The van der Waals surface area contributed by atoms with E-state index in [4.69, 9.17) is 0 Å². The molecule has 0 aromatic carbocycles. The van der Waals surface area contributed by atoms with Gasteiger partial charge in [-0.2, -0.15) is 0 Å². The van der Waals surface area contributed by atoms with E-state index in [1.54, 1.807) is 5.57 Å². The highest BCUT2D eigenvalue weighted by Gasteiger charge is 2.27. The second-order valence-electron chi connectivity index (χ2n) is 4.95. The first-order valence-electron chi connectivity index (χ1n) is 5.93. The topological polar surface area (TPSA) is 0 Å². The Kier molecular flexibility index (Phi) is 3.58. The molecule has 1 unspecified atom stereocenters. The van der Waals surface area contributed by atoms with Gasteiger partial charge in [-0.05, 0) is 43.1 Å². The van der Waals surface area contributed by atoms with Crippen molar-refractivity contribution in [3.63, 3.8) is 0 Å². The van der Waals surface area contributed by atoms with E-state index in [9.17, 15) is 0 Å². The van der Waals surface area contributed by atoms with E-state index >= 15 is 0 Å². The van der Waals surface area contributed by atoms with E-state index in [0.29, 0.717) is 5.41 Å². The van der Waals surface area contributed by atoms with Crippen molar-refractivity contribution in [2.45, 2.75) is 53.9 Å². The summed E-state index contributed by atoms with van der Waals surface area (Å²) in [6.45, 7) is 11.6. The normalized spacial score (nSPS) is 23.1. The summed E-state index contributed by atoms with van der Waals surface area (Å²) in [6, 6.07) is 0. The number of hydrogen-bond donors (Lipinski definition) is 0. The van der Waals surface area contributed by atoms with Gasteiger partial charge in [0.2, 0.25) is 0 Å². The van der Waals surface area contributed by atoms with Crippen molar-refractivity contribution >= 4 is 0 Å². The predicted molar refractivity (Wildman–Crippen MR) is 64.3 cm³/mol. The van der Waals surface area contributed by atoms with Crippen LogP contribution in [-0.2, 0) is 0 Å². The molecule has 0 nitrogen and oxygen atoms in total. The summed E-state index contributed by atoms with van der Waals surface area (Å²) in [5, 5.41) is 0. The third-order valence-electron chi connectivity index (χ3n) is 3.88. The lowest BCUT2D eigenvalue weighted by atomic mass is 9.71. The van der Waals surface area contributed by atoms with Crippen molar-refractivity contribution in [1.29, 1.82) is 0 Å². The third-order valence-corrected chi connectivity index (χ3v) is 3.88. The van der Waals surface area contributed by atoms with Gasteiger partial charge >= 0.3 is 0 Å². The molecule has 1 aliphatic rings. The van der Waals surface area contributed by atoms with Crippen molar-refractivity contribution in [3.8, 4) is 0 Å². The van der Waals surface area contributed by atoms with Gasteiger partial charge in [-0.25, -0.2) is 0 Å². The minimum atomic E-state index is 0.398. The molecule has 0 saturated carbocycles. The van der Waals surface area contributed by atoms with Gasteiger partial charge in [0.15, 0.2) is 0 Å². The average Bonchev–Trinajstić information content (AvgIpc) is 2.20.